The predicted octanol–water partition coefficient (Wildman–Crippen LogP) is 5.41. The van der Waals surface area contributed by atoms with E-state index in [0.717, 1.165) is 5.56 Å². The Hall–Kier alpha value is -2.84. The average molecular weight is 323 g/mol. The smallest absolute Gasteiger partial charge is 0.507 e. The number of fused-ring (bicyclic) bond motifs is 3. The van der Waals surface area contributed by atoms with E-state index in [1.54, 1.807) is 30.3 Å². The first-order valence-corrected chi connectivity index (χ1v) is 8.23. The van der Waals surface area contributed by atoms with Crippen molar-refractivity contribution in [3.05, 3.63) is 60.7 Å². The zero-order chi connectivity index (χ0) is 16.0. The molecule has 0 spiro atoms. The summed E-state index contributed by atoms with van der Waals surface area (Å²) in [6, 6.07) is 17.3. The van der Waals surface area contributed by atoms with E-state index in [9.17, 15) is 14.8 Å². The summed E-state index contributed by atoms with van der Waals surface area (Å²) in [4.78, 5) is 0. The summed E-state index contributed by atoms with van der Waals surface area (Å²) in [5, 5.41) is 22.0. The zero-order valence-corrected chi connectivity index (χ0v) is 12.8. The van der Waals surface area contributed by atoms with Gasteiger partial charge in [0.15, 0.2) is 5.58 Å². The van der Waals surface area contributed by atoms with Crippen LogP contribution in [0.15, 0.2) is 64.9 Å². The molecular formula is C18H12O4P+. The summed E-state index contributed by atoms with van der Waals surface area (Å²) < 4.78 is 18.1. The first-order chi connectivity index (χ1) is 11.2. The second kappa shape index (κ2) is 5.11. The normalized spacial score (nSPS) is 11.9. The molecule has 0 aliphatic carbocycles. The van der Waals surface area contributed by atoms with Crippen molar-refractivity contribution >= 4 is 29.1 Å². The van der Waals surface area contributed by atoms with E-state index in [-0.39, 0.29) is 11.5 Å². The molecule has 0 saturated carbocycles. The van der Waals surface area contributed by atoms with Crippen LogP contribution in [0.5, 0.6) is 11.5 Å². The minimum Gasteiger partial charge on any atom is -0.507 e. The Morgan fingerprint density at radius 3 is 2.39 bits per heavy atom. The standard InChI is InChI=1S/C18H11O4P/c19-13-7-4-8-15-17(13)12-9-10-14(20)16(18(12)23(21)22-15)11-5-2-1-3-6-11/h1-10H,(H-,19,20,21)/p+1. The summed E-state index contributed by atoms with van der Waals surface area (Å²) in [6.45, 7) is 0. The van der Waals surface area contributed by atoms with Crippen molar-refractivity contribution in [2.45, 2.75) is 0 Å². The Morgan fingerprint density at radius 1 is 0.826 bits per heavy atom. The van der Waals surface area contributed by atoms with Crippen LogP contribution in [0.1, 0.15) is 0 Å². The molecule has 5 heteroatoms. The molecule has 1 heterocycles. The molecule has 1 atom stereocenters. The maximum absolute atomic E-state index is 12.6. The van der Waals surface area contributed by atoms with Gasteiger partial charge in [-0.05, 0) is 34.4 Å². The van der Waals surface area contributed by atoms with Crippen molar-refractivity contribution in [1.82, 2.24) is 0 Å². The van der Waals surface area contributed by atoms with Gasteiger partial charge in [-0.2, -0.15) is 0 Å². The number of rotatable bonds is 1. The molecule has 1 unspecified atom stereocenters. The molecule has 3 aromatic carbocycles. The summed E-state index contributed by atoms with van der Waals surface area (Å²) in [5.41, 5.74) is 1.59. The summed E-state index contributed by atoms with van der Waals surface area (Å²) in [5.74, 6) is 0.0809. The zero-order valence-electron chi connectivity index (χ0n) is 11.9. The highest BCUT2D eigenvalue weighted by Crippen LogP contribution is 2.46. The van der Waals surface area contributed by atoms with Gasteiger partial charge in [0.05, 0.1) is 10.9 Å². The molecule has 0 bridgehead atoms. The van der Waals surface area contributed by atoms with E-state index in [0.29, 0.717) is 27.0 Å². The van der Waals surface area contributed by atoms with Gasteiger partial charge in [-0.1, -0.05) is 36.4 Å². The summed E-state index contributed by atoms with van der Waals surface area (Å²) >= 11 is 0. The van der Waals surface area contributed by atoms with Crippen LogP contribution in [-0.4, -0.2) is 10.2 Å². The maximum Gasteiger partial charge on any atom is 0.598 e. The molecular weight excluding hydrogens is 311 g/mol. The minimum atomic E-state index is -2.19. The minimum absolute atomic E-state index is 0.0285. The van der Waals surface area contributed by atoms with E-state index in [1.165, 1.54) is 0 Å². The van der Waals surface area contributed by atoms with Gasteiger partial charge in [0, 0.05) is 5.39 Å². The lowest BCUT2D eigenvalue weighted by atomic mass is 10.0. The number of hydrogen-bond acceptors (Lipinski definition) is 4. The Balaban J connectivity index is 2.27. The highest BCUT2D eigenvalue weighted by molar-refractivity contribution is 7.37. The fourth-order valence-corrected chi connectivity index (χ4v) is 4.09. The average Bonchev–Trinajstić information content (AvgIpc) is 2.56. The van der Waals surface area contributed by atoms with Crippen LogP contribution in [-0.2, 0) is 4.57 Å². The van der Waals surface area contributed by atoms with Crippen LogP contribution < -0.4 is 0 Å². The fourth-order valence-electron chi connectivity index (χ4n) is 2.86. The van der Waals surface area contributed by atoms with E-state index < -0.39 is 7.65 Å². The quantitative estimate of drug-likeness (QED) is 0.460. The molecule has 0 aliphatic heterocycles. The lowest BCUT2D eigenvalue weighted by Crippen LogP contribution is -1.83. The largest absolute Gasteiger partial charge is 0.598 e. The van der Waals surface area contributed by atoms with E-state index >= 15 is 0 Å². The first-order valence-electron chi connectivity index (χ1n) is 7.06. The monoisotopic (exact) mass is 323 g/mol. The summed E-state index contributed by atoms with van der Waals surface area (Å²) in [6.07, 6.45) is 0. The second-order valence-electron chi connectivity index (χ2n) is 5.22. The Morgan fingerprint density at radius 2 is 1.61 bits per heavy atom. The van der Waals surface area contributed by atoms with Crippen LogP contribution in [0, 0.1) is 0 Å². The van der Waals surface area contributed by atoms with Gasteiger partial charge in [0.25, 0.3) is 5.12 Å². The Kier molecular flexibility index (Phi) is 3.07. The number of aromatic hydroxyl groups is 2. The molecule has 0 fully saturated rings. The second-order valence-corrected chi connectivity index (χ2v) is 6.36. The van der Waals surface area contributed by atoms with Gasteiger partial charge < -0.3 is 10.2 Å². The topological polar surface area (TPSA) is 70.7 Å². The molecule has 1 aromatic heterocycles. The first kappa shape index (κ1) is 13.8. The van der Waals surface area contributed by atoms with E-state index in [4.69, 9.17) is 4.20 Å². The van der Waals surface area contributed by atoms with Crippen molar-refractivity contribution in [3.63, 3.8) is 0 Å². The molecule has 23 heavy (non-hydrogen) atoms. The van der Waals surface area contributed by atoms with Gasteiger partial charge in [0.1, 0.15) is 11.5 Å². The van der Waals surface area contributed by atoms with Gasteiger partial charge in [0.2, 0.25) is 0 Å². The highest BCUT2D eigenvalue weighted by Gasteiger charge is 2.25. The molecule has 0 aliphatic rings. The van der Waals surface area contributed by atoms with Crippen LogP contribution in [0.4, 0.5) is 0 Å². The van der Waals surface area contributed by atoms with Crippen molar-refractivity contribution in [2.75, 3.05) is 0 Å². The third kappa shape index (κ3) is 2.07. The van der Waals surface area contributed by atoms with Crippen molar-refractivity contribution in [1.29, 1.82) is 0 Å². The molecule has 0 saturated heterocycles. The van der Waals surface area contributed by atoms with Crippen LogP contribution in [0.25, 0.3) is 32.6 Å². The maximum atomic E-state index is 12.6. The van der Waals surface area contributed by atoms with Crippen LogP contribution >= 0.6 is 7.65 Å². The number of hydrogen-bond donors (Lipinski definition) is 2. The summed E-state index contributed by atoms with van der Waals surface area (Å²) in [7, 11) is -2.19. The Labute approximate surface area is 132 Å². The van der Waals surface area contributed by atoms with Crippen LogP contribution in [0.2, 0.25) is 0 Å². The molecule has 2 N–H and O–H groups in total. The van der Waals surface area contributed by atoms with E-state index in [1.807, 2.05) is 30.3 Å². The third-order valence-electron chi connectivity index (χ3n) is 3.86. The van der Waals surface area contributed by atoms with Gasteiger partial charge in [-0.25, -0.2) is 4.20 Å². The van der Waals surface area contributed by atoms with Crippen molar-refractivity contribution < 1.29 is 19.0 Å². The van der Waals surface area contributed by atoms with Crippen molar-refractivity contribution in [2.24, 2.45) is 0 Å². The van der Waals surface area contributed by atoms with Gasteiger partial charge in [-0.3, -0.25) is 0 Å². The van der Waals surface area contributed by atoms with Crippen LogP contribution in [0.3, 0.4) is 0 Å². The van der Waals surface area contributed by atoms with Gasteiger partial charge >= 0.3 is 7.65 Å². The molecule has 4 nitrogen and oxygen atoms in total. The molecule has 4 rings (SSSR count). The molecule has 112 valence electrons. The van der Waals surface area contributed by atoms with E-state index in [2.05, 4.69) is 0 Å². The number of benzene rings is 3. The molecule has 0 radical (unpaired) electrons. The predicted molar refractivity (Wildman–Crippen MR) is 90.1 cm³/mol. The highest BCUT2D eigenvalue weighted by atomic mass is 31.1. The molecule has 4 aromatic rings. The van der Waals surface area contributed by atoms with Crippen molar-refractivity contribution in [3.8, 4) is 22.6 Å². The lowest BCUT2D eigenvalue weighted by Gasteiger charge is -2.06. The number of phenols is 2. The Bertz CT molecular complexity index is 1100. The lowest BCUT2D eigenvalue weighted by molar-refractivity contribution is 0.477. The van der Waals surface area contributed by atoms with Gasteiger partial charge in [-0.15, -0.1) is 0 Å². The third-order valence-corrected chi connectivity index (χ3v) is 5.05. The molecule has 0 amide bonds. The fraction of sp³-hybridized carbons (Fsp3) is 0. The number of phenolic OH excluding ortho intramolecular Hbond substituents is 2. The SMILES string of the molecule is O=[p+]1oc2cccc(O)c2c2ccc(O)c(-c3ccccc3)c21.